The van der Waals surface area contributed by atoms with Gasteiger partial charge in [-0.2, -0.15) is 0 Å². The zero-order chi connectivity index (χ0) is 14.9. The van der Waals surface area contributed by atoms with Crippen molar-refractivity contribution < 1.29 is 14.7 Å². The number of phenols is 1. The van der Waals surface area contributed by atoms with Crippen LogP contribution >= 0.6 is 0 Å². The molecule has 0 aliphatic heterocycles. The molecular weight excluding hydrogens is 252 g/mol. The van der Waals surface area contributed by atoms with E-state index in [1.54, 1.807) is 57.2 Å². The summed E-state index contributed by atoms with van der Waals surface area (Å²) in [7, 11) is 0. The van der Waals surface area contributed by atoms with Crippen LogP contribution in [0.1, 0.15) is 37.4 Å². The fraction of sp³-hybridized carbons (Fsp3) is 0.176. The summed E-state index contributed by atoms with van der Waals surface area (Å²) in [4.78, 5) is 24.6. The minimum absolute atomic E-state index is 0.0693. The van der Waals surface area contributed by atoms with E-state index in [9.17, 15) is 14.7 Å². The minimum Gasteiger partial charge on any atom is -0.507 e. The molecule has 0 amide bonds. The van der Waals surface area contributed by atoms with Gasteiger partial charge < -0.3 is 5.11 Å². The van der Waals surface area contributed by atoms with Gasteiger partial charge in [0.1, 0.15) is 5.75 Å². The molecule has 3 nitrogen and oxygen atoms in total. The van der Waals surface area contributed by atoms with Crippen molar-refractivity contribution >= 4 is 11.6 Å². The van der Waals surface area contributed by atoms with Crippen LogP contribution in [0.15, 0.2) is 36.4 Å². The first-order valence-corrected chi connectivity index (χ1v) is 6.37. The Hall–Kier alpha value is -2.42. The Morgan fingerprint density at radius 2 is 1.50 bits per heavy atom. The van der Waals surface area contributed by atoms with E-state index in [1.807, 2.05) is 0 Å². The van der Waals surface area contributed by atoms with Crippen LogP contribution in [0.5, 0.6) is 5.75 Å². The summed E-state index contributed by atoms with van der Waals surface area (Å²) in [5.41, 5.74) is 2.51. The Kier molecular flexibility index (Phi) is 3.70. The zero-order valence-electron chi connectivity index (χ0n) is 11.7. The maximum absolute atomic E-state index is 12.4. The average molecular weight is 268 g/mol. The summed E-state index contributed by atoms with van der Waals surface area (Å²) in [6, 6.07) is 10.2. The van der Waals surface area contributed by atoms with Crippen molar-refractivity contribution in [1.82, 2.24) is 0 Å². The summed E-state index contributed by atoms with van der Waals surface area (Å²) in [5, 5.41) is 9.95. The zero-order valence-corrected chi connectivity index (χ0v) is 11.7. The molecule has 0 atom stereocenters. The fourth-order valence-electron chi connectivity index (χ4n) is 2.36. The number of Topliss-reactive ketones (excluding diaryl/α,β-unsaturated/α-hetero) is 2. The molecule has 20 heavy (non-hydrogen) atoms. The number of hydrogen-bond acceptors (Lipinski definition) is 3. The van der Waals surface area contributed by atoms with Gasteiger partial charge in [-0.05, 0) is 31.9 Å². The Morgan fingerprint density at radius 1 is 0.900 bits per heavy atom. The quantitative estimate of drug-likeness (QED) is 0.685. The maximum Gasteiger partial charge on any atom is 0.234 e. The predicted octanol–water partition coefficient (Wildman–Crippen LogP) is 3.38. The topological polar surface area (TPSA) is 54.4 Å². The molecule has 3 heteroatoms. The number of ketones is 2. The van der Waals surface area contributed by atoms with E-state index in [4.69, 9.17) is 0 Å². The number of phenolic OH excluding ortho intramolecular Hbond substituents is 1. The van der Waals surface area contributed by atoms with Gasteiger partial charge in [0.05, 0.1) is 0 Å². The van der Waals surface area contributed by atoms with Gasteiger partial charge in [0.15, 0.2) is 0 Å². The molecule has 1 N–H and O–H groups in total. The molecule has 0 unspecified atom stereocenters. The first kappa shape index (κ1) is 14.0. The largest absolute Gasteiger partial charge is 0.507 e. The molecule has 2 aromatic carbocycles. The minimum atomic E-state index is -0.582. The predicted molar refractivity (Wildman–Crippen MR) is 77.4 cm³/mol. The van der Waals surface area contributed by atoms with Crippen LogP contribution in [0.4, 0.5) is 0 Å². The van der Waals surface area contributed by atoms with Gasteiger partial charge in [-0.15, -0.1) is 0 Å². The van der Waals surface area contributed by atoms with Crippen LogP contribution in [0.3, 0.4) is 0 Å². The highest BCUT2D eigenvalue weighted by Gasteiger charge is 2.23. The summed E-state index contributed by atoms with van der Waals surface area (Å²) < 4.78 is 0. The van der Waals surface area contributed by atoms with Gasteiger partial charge in [-0.25, -0.2) is 0 Å². The van der Waals surface area contributed by atoms with E-state index < -0.39 is 11.6 Å². The summed E-state index contributed by atoms with van der Waals surface area (Å²) in [6.45, 7) is 5.19. The van der Waals surface area contributed by atoms with E-state index in [0.29, 0.717) is 27.8 Å². The lowest BCUT2D eigenvalue weighted by atomic mass is 9.92. The highest BCUT2D eigenvalue weighted by Crippen LogP contribution is 2.28. The van der Waals surface area contributed by atoms with Gasteiger partial charge in [0.25, 0.3) is 0 Å². The monoisotopic (exact) mass is 268 g/mol. The number of aryl methyl sites for hydroxylation is 2. The van der Waals surface area contributed by atoms with Gasteiger partial charge in [-0.1, -0.05) is 36.4 Å². The number of rotatable bonds is 3. The SMILES string of the molecule is Cc1cc(C)c(C(=O)C(=O)c2ccccc2)c(C)c1O. The number of benzene rings is 2. The first-order chi connectivity index (χ1) is 9.43. The third kappa shape index (κ3) is 2.35. The Morgan fingerprint density at radius 3 is 2.10 bits per heavy atom. The highest BCUT2D eigenvalue weighted by atomic mass is 16.3. The molecule has 0 aromatic heterocycles. The lowest BCUT2D eigenvalue weighted by Gasteiger charge is -2.12. The van der Waals surface area contributed by atoms with Crippen LogP contribution in [0.25, 0.3) is 0 Å². The molecule has 0 saturated carbocycles. The smallest absolute Gasteiger partial charge is 0.234 e. The third-order valence-electron chi connectivity index (χ3n) is 3.40. The maximum atomic E-state index is 12.4. The van der Waals surface area contributed by atoms with Crippen molar-refractivity contribution in [2.45, 2.75) is 20.8 Å². The summed E-state index contributed by atoms with van der Waals surface area (Å²) >= 11 is 0. The molecule has 0 spiro atoms. The van der Waals surface area contributed by atoms with Crippen molar-refractivity contribution in [2.24, 2.45) is 0 Å². The number of hydrogen-bond donors (Lipinski definition) is 1. The van der Waals surface area contributed by atoms with E-state index in [0.717, 1.165) is 0 Å². The van der Waals surface area contributed by atoms with Crippen molar-refractivity contribution in [2.75, 3.05) is 0 Å². The molecule has 0 radical (unpaired) electrons. The normalized spacial score (nSPS) is 10.3. The standard InChI is InChI=1S/C17H16O3/c1-10-9-11(2)15(18)12(3)14(10)17(20)16(19)13-7-5-4-6-8-13/h4-9,18H,1-3H3. The Bertz CT molecular complexity index is 685. The van der Waals surface area contributed by atoms with Gasteiger partial charge in [0, 0.05) is 16.7 Å². The molecule has 0 fully saturated rings. The van der Waals surface area contributed by atoms with Crippen LogP contribution in [0.2, 0.25) is 0 Å². The van der Waals surface area contributed by atoms with Gasteiger partial charge in [0.2, 0.25) is 11.6 Å². The number of carbonyl (C=O) groups is 2. The van der Waals surface area contributed by atoms with Gasteiger partial charge in [-0.3, -0.25) is 9.59 Å². The Balaban J connectivity index is 2.50. The van der Waals surface area contributed by atoms with Crippen LogP contribution in [-0.2, 0) is 0 Å². The average Bonchev–Trinajstić information content (AvgIpc) is 2.45. The van der Waals surface area contributed by atoms with Crippen molar-refractivity contribution in [3.63, 3.8) is 0 Å². The molecule has 0 bridgehead atoms. The number of aromatic hydroxyl groups is 1. The van der Waals surface area contributed by atoms with Crippen molar-refractivity contribution in [1.29, 1.82) is 0 Å². The molecular formula is C17H16O3. The molecule has 0 aliphatic rings. The van der Waals surface area contributed by atoms with Crippen molar-refractivity contribution in [3.8, 4) is 5.75 Å². The fourth-order valence-corrected chi connectivity index (χ4v) is 2.36. The second kappa shape index (κ2) is 5.29. The third-order valence-corrected chi connectivity index (χ3v) is 3.40. The van der Waals surface area contributed by atoms with E-state index in [2.05, 4.69) is 0 Å². The molecule has 0 saturated heterocycles. The highest BCUT2D eigenvalue weighted by molar-refractivity contribution is 6.49. The second-order valence-electron chi connectivity index (χ2n) is 4.88. The molecule has 0 aliphatic carbocycles. The summed E-state index contributed by atoms with van der Waals surface area (Å²) in [5.74, 6) is -1.07. The van der Waals surface area contributed by atoms with Crippen LogP contribution in [0, 0.1) is 20.8 Å². The molecule has 2 rings (SSSR count). The molecule has 0 heterocycles. The van der Waals surface area contributed by atoms with Crippen LogP contribution in [-0.4, -0.2) is 16.7 Å². The first-order valence-electron chi connectivity index (χ1n) is 6.37. The number of carbonyl (C=O) groups excluding carboxylic acids is 2. The molecule has 102 valence electrons. The van der Waals surface area contributed by atoms with Crippen molar-refractivity contribution in [3.05, 3.63) is 64.2 Å². The lowest BCUT2D eigenvalue weighted by Crippen LogP contribution is -2.17. The van der Waals surface area contributed by atoms with Crippen LogP contribution < -0.4 is 0 Å². The molecule has 2 aromatic rings. The lowest BCUT2D eigenvalue weighted by molar-refractivity contribution is 0.0816. The summed E-state index contributed by atoms with van der Waals surface area (Å²) in [6.07, 6.45) is 0. The van der Waals surface area contributed by atoms with Gasteiger partial charge >= 0.3 is 0 Å². The van der Waals surface area contributed by atoms with E-state index in [-0.39, 0.29) is 5.75 Å². The second-order valence-corrected chi connectivity index (χ2v) is 4.88. The van der Waals surface area contributed by atoms with E-state index >= 15 is 0 Å². The van der Waals surface area contributed by atoms with E-state index in [1.165, 1.54) is 0 Å². The Labute approximate surface area is 117 Å².